The number of likely N-dealkylation sites (tertiary alicyclic amines) is 1. The molecule has 5 heteroatoms. The Labute approximate surface area is 123 Å². The molecule has 0 saturated carbocycles. The van der Waals surface area contributed by atoms with E-state index in [1.54, 1.807) is 18.1 Å². The third-order valence-corrected chi connectivity index (χ3v) is 3.63. The monoisotopic (exact) mass is 289 g/mol. The average Bonchev–Trinajstić information content (AvgIpc) is 2.52. The van der Waals surface area contributed by atoms with Crippen LogP contribution in [0.5, 0.6) is 5.75 Å². The Morgan fingerprint density at radius 1 is 1.38 bits per heavy atom. The maximum Gasteiger partial charge on any atom is 0.308 e. The van der Waals surface area contributed by atoms with E-state index in [1.165, 1.54) is 6.08 Å². The lowest BCUT2D eigenvalue weighted by molar-refractivity contribution is -0.144. The van der Waals surface area contributed by atoms with Crippen molar-refractivity contribution in [2.24, 2.45) is 5.92 Å². The number of carbonyl (C=O) groups is 2. The summed E-state index contributed by atoms with van der Waals surface area (Å²) in [6, 6.07) is 7.42. The first kappa shape index (κ1) is 15.1. The highest BCUT2D eigenvalue weighted by Gasteiger charge is 2.27. The Balaban J connectivity index is 2.03. The number of hydrogen-bond acceptors (Lipinski definition) is 3. The van der Waals surface area contributed by atoms with Gasteiger partial charge in [0, 0.05) is 24.7 Å². The molecule has 1 amide bonds. The summed E-state index contributed by atoms with van der Waals surface area (Å²) in [5.41, 5.74) is 0.820. The summed E-state index contributed by atoms with van der Waals surface area (Å²) in [5, 5.41) is 9.04. The first-order valence-corrected chi connectivity index (χ1v) is 6.94. The lowest BCUT2D eigenvalue weighted by atomic mass is 9.98. The largest absolute Gasteiger partial charge is 0.496 e. The first-order valence-electron chi connectivity index (χ1n) is 6.94. The minimum atomic E-state index is -0.832. The second-order valence-electron chi connectivity index (χ2n) is 5.04. The predicted molar refractivity (Wildman–Crippen MR) is 79.0 cm³/mol. The van der Waals surface area contributed by atoms with E-state index in [2.05, 4.69) is 0 Å². The van der Waals surface area contributed by atoms with Gasteiger partial charge in [-0.15, -0.1) is 0 Å². The second-order valence-corrected chi connectivity index (χ2v) is 5.04. The number of ether oxygens (including phenoxy) is 1. The van der Waals surface area contributed by atoms with Crippen LogP contribution in [-0.2, 0) is 9.59 Å². The zero-order valence-electron chi connectivity index (χ0n) is 12.0. The summed E-state index contributed by atoms with van der Waals surface area (Å²) in [4.78, 5) is 24.7. The number of rotatable bonds is 4. The number of carbonyl (C=O) groups excluding carboxylic acids is 1. The third-order valence-electron chi connectivity index (χ3n) is 3.63. The first-order chi connectivity index (χ1) is 10.1. The SMILES string of the molecule is COc1ccccc1/C=C/C(=O)N1CCC[C@H](C(=O)O)C1. The summed E-state index contributed by atoms with van der Waals surface area (Å²) in [7, 11) is 1.58. The molecule has 0 bridgehead atoms. The highest BCUT2D eigenvalue weighted by molar-refractivity contribution is 5.92. The molecule has 1 aromatic carbocycles. The van der Waals surface area contributed by atoms with Crippen LogP contribution in [0, 0.1) is 5.92 Å². The molecule has 1 N–H and O–H groups in total. The summed E-state index contributed by atoms with van der Waals surface area (Å²) in [6.07, 6.45) is 4.54. The molecule has 1 aromatic rings. The molecule has 0 aromatic heterocycles. The summed E-state index contributed by atoms with van der Waals surface area (Å²) < 4.78 is 5.22. The van der Waals surface area contributed by atoms with Gasteiger partial charge in [-0.3, -0.25) is 9.59 Å². The highest BCUT2D eigenvalue weighted by atomic mass is 16.5. The number of hydrogen-bond donors (Lipinski definition) is 1. The van der Waals surface area contributed by atoms with Crippen molar-refractivity contribution in [1.82, 2.24) is 4.90 Å². The molecule has 5 nitrogen and oxygen atoms in total. The molecule has 1 aliphatic rings. The Morgan fingerprint density at radius 2 is 2.14 bits per heavy atom. The Hall–Kier alpha value is -2.30. The van der Waals surface area contributed by atoms with Gasteiger partial charge in [0.25, 0.3) is 0 Å². The Bertz CT molecular complexity index is 553. The van der Waals surface area contributed by atoms with Gasteiger partial charge in [0.05, 0.1) is 13.0 Å². The summed E-state index contributed by atoms with van der Waals surface area (Å²) in [5.74, 6) is -0.751. The predicted octanol–water partition coefficient (Wildman–Crippen LogP) is 2.03. The van der Waals surface area contributed by atoms with Gasteiger partial charge in [-0.2, -0.15) is 0 Å². The van der Waals surface area contributed by atoms with Crippen molar-refractivity contribution in [2.75, 3.05) is 20.2 Å². The van der Waals surface area contributed by atoms with E-state index in [-0.39, 0.29) is 12.5 Å². The molecular weight excluding hydrogens is 270 g/mol. The van der Waals surface area contributed by atoms with Crippen LogP contribution < -0.4 is 4.74 Å². The second kappa shape index (κ2) is 6.92. The fraction of sp³-hybridized carbons (Fsp3) is 0.375. The average molecular weight is 289 g/mol. The standard InChI is InChI=1S/C16H19NO4/c1-21-14-7-3-2-5-12(14)8-9-15(18)17-10-4-6-13(11-17)16(19)20/h2-3,5,7-9,13H,4,6,10-11H2,1H3,(H,19,20)/b9-8+/t13-/m0/s1. The number of piperidine rings is 1. The van der Waals surface area contributed by atoms with Crippen molar-refractivity contribution in [2.45, 2.75) is 12.8 Å². The van der Waals surface area contributed by atoms with Gasteiger partial charge in [-0.05, 0) is 25.0 Å². The van der Waals surface area contributed by atoms with Crippen LogP contribution in [0.15, 0.2) is 30.3 Å². The van der Waals surface area contributed by atoms with Crippen LogP contribution in [0.2, 0.25) is 0 Å². The van der Waals surface area contributed by atoms with Crippen LogP contribution in [0.3, 0.4) is 0 Å². The van der Waals surface area contributed by atoms with E-state index in [0.29, 0.717) is 18.7 Å². The molecule has 1 aliphatic heterocycles. The molecule has 1 saturated heterocycles. The van der Waals surface area contributed by atoms with Crippen molar-refractivity contribution in [1.29, 1.82) is 0 Å². The molecule has 21 heavy (non-hydrogen) atoms. The topological polar surface area (TPSA) is 66.8 Å². The van der Waals surface area contributed by atoms with Gasteiger partial charge < -0.3 is 14.7 Å². The maximum atomic E-state index is 12.1. The molecule has 0 unspecified atom stereocenters. The van der Waals surface area contributed by atoms with Gasteiger partial charge >= 0.3 is 5.97 Å². The number of aliphatic carboxylic acids is 1. The molecular formula is C16H19NO4. The van der Waals surface area contributed by atoms with Gasteiger partial charge in [0.15, 0.2) is 0 Å². The zero-order valence-corrected chi connectivity index (χ0v) is 12.0. The number of para-hydroxylation sites is 1. The van der Waals surface area contributed by atoms with Crippen molar-refractivity contribution in [3.63, 3.8) is 0 Å². The van der Waals surface area contributed by atoms with Crippen molar-refractivity contribution in [3.05, 3.63) is 35.9 Å². The van der Waals surface area contributed by atoms with E-state index in [1.807, 2.05) is 24.3 Å². The molecule has 0 radical (unpaired) electrons. The van der Waals surface area contributed by atoms with Crippen LogP contribution in [0.4, 0.5) is 0 Å². The summed E-state index contributed by atoms with van der Waals surface area (Å²) in [6.45, 7) is 0.892. The van der Waals surface area contributed by atoms with E-state index < -0.39 is 11.9 Å². The van der Waals surface area contributed by atoms with Crippen molar-refractivity contribution >= 4 is 18.0 Å². The van der Waals surface area contributed by atoms with Crippen molar-refractivity contribution < 1.29 is 19.4 Å². The fourth-order valence-electron chi connectivity index (χ4n) is 2.45. The van der Waals surface area contributed by atoms with Gasteiger partial charge in [0.2, 0.25) is 5.91 Å². The number of nitrogens with zero attached hydrogens (tertiary/aromatic N) is 1. The molecule has 0 spiro atoms. The number of amides is 1. The Kier molecular flexibility index (Phi) is 4.98. The molecule has 1 fully saturated rings. The van der Waals surface area contributed by atoms with Crippen LogP contribution in [0.25, 0.3) is 6.08 Å². The van der Waals surface area contributed by atoms with Gasteiger partial charge in [-0.25, -0.2) is 0 Å². The van der Waals surface area contributed by atoms with E-state index in [9.17, 15) is 9.59 Å². The van der Waals surface area contributed by atoms with Crippen LogP contribution in [0.1, 0.15) is 18.4 Å². The van der Waals surface area contributed by atoms with E-state index in [0.717, 1.165) is 12.0 Å². The molecule has 1 heterocycles. The van der Waals surface area contributed by atoms with E-state index in [4.69, 9.17) is 9.84 Å². The van der Waals surface area contributed by atoms with E-state index >= 15 is 0 Å². The normalized spacial score (nSPS) is 18.7. The zero-order chi connectivity index (χ0) is 15.2. The fourth-order valence-corrected chi connectivity index (χ4v) is 2.45. The van der Waals surface area contributed by atoms with Crippen LogP contribution >= 0.6 is 0 Å². The van der Waals surface area contributed by atoms with Crippen LogP contribution in [-0.4, -0.2) is 42.1 Å². The minimum absolute atomic E-state index is 0.160. The lowest BCUT2D eigenvalue weighted by Gasteiger charge is -2.29. The number of carboxylic acid groups (broad SMARTS) is 1. The smallest absolute Gasteiger partial charge is 0.308 e. The number of carboxylic acids is 1. The van der Waals surface area contributed by atoms with Crippen molar-refractivity contribution in [3.8, 4) is 5.75 Å². The third kappa shape index (κ3) is 3.84. The molecule has 112 valence electrons. The molecule has 1 atom stereocenters. The quantitative estimate of drug-likeness (QED) is 0.861. The lowest BCUT2D eigenvalue weighted by Crippen LogP contribution is -2.41. The Morgan fingerprint density at radius 3 is 2.86 bits per heavy atom. The molecule has 0 aliphatic carbocycles. The number of benzene rings is 1. The van der Waals surface area contributed by atoms with Gasteiger partial charge in [-0.1, -0.05) is 18.2 Å². The minimum Gasteiger partial charge on any atom is -0.496 e. The number of methoxy groups -OCH3 is 1. The maximum absolute atomic E-state index is 12.1. The molecule has 2 rings (SSSR count). The van der Waals surface area contributed by atoms with Gasteiger partial charge in [0.1, 0.15) is 5.75 Å². The highest BCUT2D eigenvalue weighted by Crippen LogP contribution is 2.20. The summed E-state index contributed by atoms with van der Waals surface area (Å²) >= 11 is 0.